The highest BCUT2D eigenvalue weighted by Crippen LogP contribution is 2.38. The molecule has 1 fully saturated rings. The maximum Gasteiger partial charge on any atom is 0.262 e. The highest BCUT2D eigenvalue weighted by molar-refractivity contribution is 7.93. The molecular formula is C29H26Cl2N4O6S. The molecule has 1 heterocycles. The first-order chi connectivity index (χ1) is 19.8. The number of ether oxygens (including phenoxy) is 1. The van der Waals surface area contributed by atoms with Gasteiger partial charge in [0.05, 0.1) is 22.1 Å². The molecule has 42 heavy (non-hydrogen) atoms. The molecule has 0 aromatic heterocycles. The van der Waals surface area contributed by atoms with Crippen LogP contribution in [0.15, 0.2) is 59.5 Å². The molecule has 0 unspecified atom stereocenters. The third-order valence-corrected chi connectivity index (χ3v) is 10.0. The zero-order chi connectivity index (χ0) is 30.8. The Hall–Kier alpha value is -3.95. The Labute approximate surface area is 252 Å². The SMILES string of the molecule is Cc1cc(S(=O)(=O)[C@@]2(C(N)=O)CCCN2C)ccc1NC(=O)COc1ccc(Cl)cc1C(=O)c1cc(Cl)cc(C#N)c1. The number of hydrogen-bond donors (Lipinski definition) is 2. The second-order valence-corrected chi connectivity index (χ2v) is 12.8. The van der Waals surface area contributed by atoms with Crippen molar-refractivity contribution < 1.29 is 27.5 Å². The van der Waals surface area contributed by atoms with Crippen LogP contribution >= 0.6 is 23.2 Å². The molecule has 10 nitrogen and oxygen atoms in total. The number of aryl methyl sites for hydroxylation is 1. The largest absolute Gasteiger partial charge is 0.483 e. The van der Waals surface area contributed by atoms with Gasteiger partial charge >= 0.3 is 0 Å². The number of benzene rings is 3. The standard InChI is InChI=1S/C29H26Cl2N4O6S/c1-17-10-22(42(39,40)29(28(33)38)8-3-9-35(29)2)5-6-24(17)34-26(36)16-41-25-7-4-20(30)14-23(25)27(37)19-11-18(15-32)12-21(31)13-19/h4-7,10-14H,3,8-9,16H2,1-2H3,(H2,33,38)(H,34,36)/t29-/m1/s1. The van der Waals surface area contributed by atoms with Crippen molar-refractivity contribution in [1.29, 1.82) is 5.26 Å². The summed E-state index contributed by atoms with van der Waals surface area (Å²) in [5.41, 5.74) is 6.73. The number of nitriles is 1. The fourth-order valence-corrected chi connectivity index (χ4v) is 7.48. The molecule has 0 bridgehead atoms. The molecule has 3 N–H and O–H groups in total. The molecule has 0 saturated carbocycles. The van der Waals surface area contributed by atoms with E-state index in [4.69, 9.17) is 33.7 Å². The summed E-state index contributed by atoms with van der Waals surface area (Å²) >= 11 is 12.2. The Balaban J connectivity index is 1.51. The third kappa shape index (κ3) is 5.84. The maximum atomic E-state index is 13.5. The summed E-state index contributed by atoms with van der Waals surface area (Å²) in [6, 6.07) is 14.6. The van der Waals surface area contributed by atoms with E-state index in [-0.39, 0.29) is 43.8 Å². The first-order valence-corrected chi connectivity index (χ1v) is 14.9. The number of halogens is 2. The van der Waals surface area contributed by atoms with Gasteiger partial charge in [0.15, 0.2) is 12.4 Å². The Kier molecular flexibility index (Phi) is 8.94. The van der Waals surface area contributed by atoms with Crippen LogP contribution in [0.1, 0.15) is 39.9 Å². The zero-order valence-corrected chi connectivity index (χ0v) is 24.9. The van der Waals surface area contributed by atoms with Gasteiger partial charge in [-0.25, -0.2) is 8.42 Å². The van der Waals surface area contributed by atoms with Crippen molar-refractivity contribution in [3.8, 4) is 11.8 Å². The summed E-state index contributed by atoms with van der Waals surface area (Å²) < 4.78 is 32.7. The Morgan fingerprint density at radius 2 is 1.83 bits per heavy atom. The normalized spacial score (nSPS) is 16.9. The molecule has 4 rings (SSSR count). The lowest BCUT2D eigenvalue weighted by Crippen LogP contribution is -2.57. The molecule has 1 aliphatic heterocycles. The predicted octanol–water partition coefficient (Wildman–Crippen LogP) is 4.10. The number of anilines is 1. The van der Waals surface area contributed by atoms with Crippen LogP contribution in [0.25, 0.3) is 0 Å². The minimum atomic E-state index is -4.16. The van der Waals surface area contributed by atoms with Gasteiger partial charge in [-0.1, -0.05) is 23.2 Å². The van der Waals surface area contributed by atoms with Crippen LogP contribution < -0.4 is 15.8 Å². The number of nitrogens with one attached hydrogen (secondary N) is 1. The Morgan fingerprint density at radius 1 is 1.10 bits per heavy atom. The molecule has 3 aromatic rings. The van der Waals surface area contributed by atoms with Crippen LogP contribution in [0, 0.1) is 18.3 Å². The van der Waals surface area contributed by atoms with Crippen molar-refractivity contribution in [3.63, 3.8) is 0 Å². The van der Waals surface area contributed by atoms with E-state index in [0.717, 1.165) is 0 Å². The summed E-state index contributed by atoms with van der Waals surface area (Å²) in [5.74, 6) is -1.95. The van der Waals surface area contributed by atoms with E-state index in [1.807, 2.05) is 6.07 Å². The van der Waals surface area contributed by atoms with E-state index in [2.05, 4.69) is 5.32 Å². The summed E-state index contributed by atoms with van der Waals surface area (Å²) in [6.45, 7) is 1.54. The molecule has 2 amide bonds. The van der Waals surface area contributed by atoms with Gasteiger partial charge in [-0.2, -0.15) is 5.26 Å². The molecule has 13 heteroatoms. The van der Waals surface area contributed by atoms with Crippen LogP contribution in [0.3, 0.4) is 0 Å². The van der Waals surface area contributed by atoms with E-state index >= 15 is 0 Å². The van der Waals surface area contributed by atoms with E-state index in [9.17, 15) is 28.1 Å². The number of likely N-dealkylation sites (N-methyl/N-ethyl adjacent to an activating group) is 1. The van der Waals surface area contributed by atoms with Crippen LogP contribution in [-0.2, 0) is 19.4 Å². The molecular weight excluding hydrogens is 603 g/mol. The van der Waals surface area contributed by atoms with Crippen molar-refractivity contribution in [1.82, 2.24) is 4.90 Å². The molecule has 0 aliphatic carbocycles. The maximum absolute atomic E-state index is 13.5. The second kappa shape index (κ2) is 12.1. The first kappa shape index (κ1) is 31.0. The van der Waals surface area contributed by atoms with Crippen molar-refractivity contribution in [2.45, 2.75) is 29.5 Å². The van der Waals surface area contributed by atoms with E-state index in [1.165, 1.54) is 59.5 Å². The van der Waals surface area contributed by atoms with Crippen molar-refractivity contribution in [2.24, 2.45) is 5.73 Å². The number of carbonyl (C=O) groups is 3. The smallest absolute Gasteiger partial charge is 0.262 e. The fourth-order valence-electron chi connectivity index (χ4n) is 4.92. The summed E-state index contributed by atoms with van der Waals surface area (Å²) in [6.07, 6.45) is 0.592. The number of carbonyl (C=O) groups excluding carboxylic acids is 3. The molecule has 218 valence electrons. The zero-order valence-electron chi connectivity index (χ0n) is 22.6. The van der Waals surface area contributed by atoms with Gasteiger partial charge in [-0.05, 0) is 93.5 Å². The molecule has 1 atom stereocenters. The fraction of sp³-hybridized carbons (Fsp3) is 0.241. The minimum Gasteiger partial charge on any atom is -0.483 e. The minimum absolute atomic E-state index is 0.0625. The van der Waals surface area contributed by atoms with E-state index in [1.54, 1.807) is 14.0 Å². The second-order valence-electron chi connectivity index (χ2n) is 9.80. The van der Waals surface area contributed by atoms with Gasteiger partial charge in [-0.3, -0.25) is 19.3 Å². The molecule has 3 aromatic carbocycles. The third-order valence-electron chi connectivity index (χ3n) is 7.07. The number of amides is 2. The first-order valence-electron chi connectivity index (χ1n) is 12.6. The van der Waals surface area contributed by atoms with Crippen LogP contribution in [0.2, 0.25) is 10.0 Å². The number of likely N-dealkylation sites (tertiary alicyclic amines) is 1. The average molecular weight is 630 g/mol. The number of nitrogens with two attached hydrogens (primary N) is 1. The monoisotopic (exact) mass is 628 g/mol. The number of nitrogens with zero attached hydrogens (tertiary/aromatic N) is 2. The van der Waals surface area contributed by atoms with E-state index < -0.39 is 38.9 Å². The van der Waals surface area contributed by atoms with Gasteiger partial charge in [-0.15, -0.1) is 0 Å². The van der Waals surface area contributed by atoms with Crippen LogP contribution in [-0.4, -0.2) is 56.0 Å². The Bertz CT molecular complexity index is 1760. The summed E-state index contributed by atoms with van der Waals surface area (Å²) in [4.78, 5) is 37.9. The lowest BCUT2D eigenvalue weighted by Gasteiger charge is -2.32. The number of hydrogen-bond acceptors (Lipinski definition) is 8. The van der Waals surface area contributed by atoms with Crippen LogP contribution in [0.5, 0.6) is 5.75 Å². The highest BCUT2D eigenvalue weighted by atomic mass is 35.5. The lowest BCUT2D eigenvalue weighted by atomic mass is 10.0. The van der Waals surface area contributed by atoms with Crippen molar-refractivity contribution in [2.75, 3.05) is 25.5 Å². The number of primary amides is 1. The van der Waals surface area contributed by atoms with Gasteiger partial charge in [0.1, 0.15) is 5.75 Å². The quantitative estimate of drug-likeness (QED) is 0.335. The lowest BCUT2D eigenvalue weighted by molar-refractivity contribution is -0.123. The molecule has 1 saturated heterocycles. The van der Waals surface area contributed by atoms with Crippen molar-refractivity contribution in [3.05, 3.63) is 86.9 Å². The Morgan fingerprint density at radius 3 is 2.45 bits per heavy atom. The summed E-state index contributed by atoms with van der Waals surface area (Å²) in [5, 5.41) is 12.3. The predicted molar refractivity (Wildman–Crippen MR) is 157 cm³/mol. The number of sulfone groups is 1. The highest BCUT2D eigenvalue weighted by Gasteiger charge is 2.55. The van der Waals surface area contributed by atoms with E-state index in [0.29, 0.717) is 24.2 Å². The average Bonchev–Trinajstić information content (AvgIpc) is 3.35. The van der Waals surface area contributed by atoms with Gasteiger partial charge in [0.2, 0.25) is 14.7 Å². The van der Waals surface area contributed by atoms with Crippen molar-refractivity contribution >= 4 is 56.3 Å². The van der Waals surface area contributed by atoms with Gasteiger partial charge in [0, 0.05) is 21.3 Å². The number of rotatable bonds is 9. The topological polar surface area (TPSA) is 160 Å². The molecule has 1 aliphatic rings. The van der Waals surface area contributed by atoms with Crippen LogP contribution in [0.4, 0.5) is 5.69 Å². The molecule has 0 spiro atoms. The molecule has 0 radical (unpaired) electrons. The van der Waals surface area contributed by atoms with Gasteiger partial charge < -0.3 is 15.8 Å². The number of ketones is 1. The van der Waals surface area contributed by atoms with Gasteiger partial charge in [0.25, 0.3) is 11.8 Å². The summed E-state index contributed by atoms with van der Waals surface area (Å²) in [7, 11) is -2.61.